The fourth-order valence-corrected chi connectivity index (χ4v) is 2.55. The van der Waals surface area contributed by atoms with E-state index in [1.165, 1.54) is 30.7 Å². The van der Waals surface area contributed by atoms with Crippen LogP contribution in [0.15, 0.2) is 30.7 Å². The Labute approximate surface area is 154 Å². The molecule has 11 heteroatoms. The highest BCUT2D eigenvalue weighted by molar-refractivity contribution is 6.31. The molecule has 0 aromatic carbocycles. The number of nitrogens with zero attached hydrogens (tertiary/aromatic N) is 5. The first-order chi connectivity index (χ1) is 11.8. The quantitative estimate of drug-likeness (QED) is 0.586. The van der Waals surface area contributed by atoms with Gasteiger partial charge in [-0.05, 0) is 12.1 Å². The molecule has 0 bridgehead atoms. The average molecular weight is 409 g/mol. The van der Waals surface area contributed by atoms with Crippen molar-refractivity contribution >= 4 is 34.8 Å². The van der Waals surface area contributed by atoms with E-state index in [1.54, 1.807) is 0 Å². The standard InChI is InChI=1S/C14H7Cl3F3N5/c15-8-4-22-10(23-5-8)6-25-12(17)11(14(18,19)20)24-13(25)7-1-2-9(16)21-3-7/h1-5H,6H2. The summed E-state index contributed by atoms with van der Waals surface area (Å²) in [5, 5.41) is -0.0698. The zero-order chi connectivity index (χ0) is 18.2. The van der Waals surface area contributed by atoms with Crippen LogP contribution in [-0.2, 0) is 12.7 Å². The molecule has 5 nitrogen and oxygen atoms in total. The van der Waals surface area contributed by atoms with Crippen LogP contribution in [0.2, 0.25) is 15.3 Å². The second-order valence-electron chi connectivity index (χ2n) is 4.85. The number of halogens is 6. The zero-order valence-corrected chi connectivity index (χ0v) is 14.4. The number of hydrogen-bond donors (Lipinski definition) is 0. The lowest BCUT2D eigenvalue weighted by Gasteiger charge is -2.08. The molecule has 0 fully saturated rings. The van der Waals surface area contributed by atoms with E-state index in [1.807, 2.05) is 0 Å². The summed E-state index contributed by atoms with van der Waals surface area (Å²) >= 11 is 17.4. The number of pyridine rings is 1. The molecule has 3 aromatic heterocycles. The van der Waals surface area contributed by atoms with Gasteiger partial charge in [0.05, 0.1) is 11.6 Å². The molecule has 0 unspecified atom stereocenters. The van der Waals surface area contributed by atoms with Crippen LogP contribution >= 0.6 is 34.8 Å². The molecule has 0 amide bonds. The lowest BCUT2D eigenvalue weighted by atomic mass is 10.2. The molecule has 3 heterocycles. The molecule has 0 aliphatic rings. The van der Waals surface area contributed by atoms with E-state index >= 15 is 0 Å². The summed E-state index contributed by atoms with van der Waals surface area (Å²) in [5.74, 6) is 0.195. The van der Waals surface area contributed by atoms with Gasteiger partial charge in [0.1, 0.15) is 22.0 Å². The van der Waals surface area contributed by atoms with Crippen LogP contribution in [0.4, 0.5) is 13.2 Å². The third kappa shape index (κ3) is 3.86. The third-order valence-electron chi connectivity index (χ3n) is 3.13. The minimum Gasteiger partial charge on any atom is -0.307 e. The van der Waals surface area contributed by atoms with Crippen molar-refractivity contribution in [2.24, 2.45) is 0 Å². The Morgan fingerprint density at radius 3 is 2.20 bits per heavy atom. The van der Waals surface area contributed by atoms with Gasteiger partial charge in [-0.3, -0.25) is 0 Å². The second-order valence-corrected chi connectivity index (χ2v) is 6.03. The van der Waals surface area contributed by atoms with Crippen molar-refractivity contribution < 1.29 is 13.2 Å². The van der Waals surface area contributed by atoms with Gasteiger partial charge in [-0.1, -0.05) is 34.8 Å². The summed E-state index contributed by atoms with van der Waals surface area (Å²) in [4.78, 5) is 15.4. The number of alkyl halides is 3. The van der Waals surface area contributed by atoms with E-state index in [0.29, 0.717) is 10.6 Å². The number of rotatable bonds is 3. The minimum atomic E-state index is -4.71. The Morgan fingerprint density at radius 1 is 0.960 bits per heavy atom. The summed E-state index contributed by atoms with van der Waals surface area (Å²) in [7, 11) is 0. The van der Waals surface area contributed by atoms with Crippen molar-refractivity contribution in [3.05, 3.63) is 57.6 Å². The largest absolute Gasteiger partial charge is 0.436 e. The van der Waals surface area contributed by atoms with Gasteiger partial charge in [-0.25, -0.2) is 19.9 Å². The van der Waals surface area contributed by atoms with E-state index in [4.69, 9.17) is 34.8 Å². The van der Waals surface area contributed by atoms with Crippen molar-refractivity contribution in [2.45, 2.75) is 12.7 Å². The number of hydrogen-bond acceptors (Lipinski definition) is 4. The first kappa shape index (κ1) is 17.9. The zero-order valence-electron chi connectivity index (χ0n) is 12.1. The average Bonchev–Trinajstić information content (AvgIpc) is 2.87. The molecule has 25 heavy (non-hydrogen) atoms. The first-order valence-corrected chi connectivity index (χ1v) is 7.80. The van der Waals surface area contributed by atoms with Crippen molar-refractivity contribution in [3.8, 4) is 11.4 Å². The molecule has 0 N–H and O–H groups in total. The summed E-state index contributed by atoms with van der Waals surface area (Å²) in [5.41, 5.74) is -0.885. The van der Waals surface area contributed by atoms with Gasteiger partial charge in [0.15, 0.2) is 5.69 Å². The molecule has 0 atom stereocenters. The summed E-state index contributed by atoms with van der Waals surface area (Å²) in [6.45, 7) is -0.128. The van der Waals surface area contributed by atoms with E-state index in [2.05, 4.69) is 19.9 Å². The molecule has 3 rings (SSSR count). The van der Waals surface area contributed by atoms with Crippen LogP contribution in [0.1, 0.15) is 11.5 Å². The van der Waals surface area contributed by atoms with Crippen LogP contribution in [0.3, 0.4) is 0 Å². The van der Waals surface area contributed by atoms with Crippen LogP contribution in [0.5, 0.6) is 0 Å². The van der Waals surface area contributed by atoms with Crippen molar-refractivity contribution in [1.82, 2.24) is 24.5 Å². The second kappa shape index (κ2) is 6.78. The Kier molecular flexibility index (Phi) is 4.86. The van der Waals surface area contributed by atoms with E-state index < -0.39 is 17.0 Å². The number of aromatic nitrogens is 5. The fraction of sp³-hybridized carbons (Fsp3) is 0.143. The number of imidazole rings is 1. The van der Waals surface area contributed by atoms with Gasteiger partial charge in [0.2, 0.25) is 0 Å². The molecule has 0 saturated heterocycles. The molecule has 130 valence electrons. The Balaban J connectivity index is 2.12. The van der Waals surface area contributed by atoms with Crippen molar-refractivity contribution in [2.75, 3.05) is 0 Å². The third-order valence-corrected chi connectivity index (χ3v) is 3.93. The monoisotopic (exact) mass is 407 g/mol. The summed E-state index contributed by atoms with van der Waals surface area (Å²) in [6, 6.07) is 2.93. The van der Waals surface area contributed by atoms with E-state index in [9.17, 15) is 13.2 Å². The molecule has 3 aromatic rings. The molecular weight excluding hydrogens is 402 g/mol. The van der Waals surface area contributed by atoms with Crippen molar-refractivity contribution in [1.29, 1.82) is 0 Å². The van der Waals surface area contributed by atoms with Gasteiger partial charge in [-0.2, -0.15) is 13.2 Å². The van der Waals surface area contributed by atoms with Crippen LogP contribution in [0.25, 0.3) is 11.4 Å². The SMILES string of the molecule is FC(F)(F)c1nc(-c2ccc(Cl)nc2)n(Cc2ncc(Cl)cn2)c1Cl. The summed E-state index contributed by atoms with van der Waals surface area (Å²) in [6.07, 6.45) is -0.732. The van der Waals surface area contributed by atoms with E-state index in [0.717, 1.165) is 4.57 Å². The molecule has 0 radical (unpaired) electrons. The van der Waals surface area contributed by atoms with Gasteiger partial charge in [0, 0.05) is 24.2 Å². The maximum Gasteiger partial charge on any atom is 0.436 e. The lowest BCUT2D eigenvalue weighted by Crippen LogP contribution is -2.08. The summed E-state index contributed by atoms with van der Waals surface area (Å²) < 4.78 is 40.7. The highest BCUT2D eigenvalue weighted by Gasteiger charge is 2.39. The predicted molar refractivity (Wildman–Crippen MR) is 86.6 cm³/mol. The molecule has 0 aliphatic carbocycles. The first-order valence-electron chi connectivity index (χ1n) is 6.67. The maximum atomic E-state index is 13.2. The molecule has 0 saturated carbocycles. The molecule has 0 spiro atoms. The molecular formula is C14H7Cl3F3N5. The highest BCUT2D eigenvalue weighted by Crippen LogP contribution is 2.37. The molecule has 0 aliphatic heterocycles. The van der Waals surface area contributed by atoms with Crippen LogP contribution in [-0.4, -0.2) is 24.5 Å². The van der Waals surface area contributed by atoms with E-state index in [-0.39, 0.29) is 23.3 Å². The van der Waals surface area contributed by atoms with Gasteiger partial charge < -0.3 is 4.57 Å². The van der Waals surface area contributed by atoms with Gasteiger partial charge >= 0.3 is 6.18 Å². The Bertz CT molecular complexity index is 892. The predicted octanol–water partition coefficient (Wildman–Crippen LogP) is 4.76. The van der Waals surface area contributed by atoms with Crippen molar-refractivity contribution in [3.63, 3.8) is 0 Å². The topological polar surface area (TPSA) is 56.5 Å². The van der Waals surface area contributed by atoms with Gasteiger partial charge in [-0.15, -0.1) is 0 Å². The Morgan fingerprint density at radius 2 is 1.64 bits per heavy atom. The van der Waals surface area contributed by atoms with Crippen LogP contribution in [0, 0.1) is 0 Å². The van der Waals surface area contributed by atoms with Gasteiger partial charge in [0.25, 0.3) is 0 Å². The smallest absolute Gasteiger partial charge is 0.307 e. The Hall–Kier alpha value is -1.90. The normalized spacial score (nSPS) is 11.8. The highest BCUT2D eigenvalue weighted by atomic mass is 35.5. The maximum absolute atomic E-state index is 13.2. The van der Waals surface area contributed by atoms with Crippen LogP contribution < -0.4 is 0 Å². The fourth-order valence-electron chi connectivity index (χ4n) is 2.05. The lowest BCUT2D eigenvalue weighted by molar-refractivity contribution is -0.140. The minimum absolute atomic E-state index is 0.0277.